The first-order valence-corrected chi connectivity index (χ1v) is 7.37. The molecule has 0 aromatic heterocycles. The zero-order valence-electron chi connectivity index (χ0n) is 11.8. The highest BCUT2D eigenvalue weighted by atomic mass is 16.5. The van der Waals surface area contributed by atoms with Crippen LogP contribution in [0.25, 0.3) is 0 Å². The molecule has 1 N–H and O–H groups in total. The molecule has 0 amide bonds. The van der Waals surface area contributed by atoms with E-state index in [1.165, 1.54) is 25.8 Å². The van der Waals surface area contributed by atoms with Gasteiger partial charge in [0.2, 0.25) is 0 Å². The highest BCUT2D eigenvalue weighted by molar-refractivity contribution is 4.82. The number of likely N-dealkylation sites (N-methyl/N-ethyl adjacent to an activating group) is 1. The Morgan fingerprint density at radius 2 is 2.17 bits per heavy atom. The van der Waals surface area contributed by atoms with E-state index in [0.29, 0.717) is 12.1 Å². The van der Waals surface area contributed by atoms with E-state index in [-0.39, 0.29) is 6.10 Å². The van der Waals surface area contributed by atoms with E-state index < -0.39 is 0 Å². The predicted molar refractivity (Wildman–Crippen MR) is 72.7 cm³/mol. The van der Waals surface area contributed by atoms with Gasteiger partial charge in [0.25, 0.3) is 0 Å². The molecule has 0 saturated carbocycles. The summed E-state index contributed by atoms with van der Waals surface area (Å²) in [6.07, 6.45) is 4.89. The number of nitrogens with zero attached hydrogens (tertiary/aromatic N) is 2. The fourth-order valence-corrected chi connectivity index (χ4v) is 3.20. The van der Waals surface area contributed by atoms with Crippen molar-refractivity contribution in [2.45, 2.75) is 50.9 Å². The van der Waals surface area contributed by atoms with Gasteiger partial charge in [-0.25, -0.2) is 0 Å². The van der Waals surface area contributed by atoms with Crippen molar-refractivity contribution in [3.8, 4) is 0 Å². The van der Waals surface area contributed by atoms with Crippen LogP contribution in [0.15, 0.2) is 0 Å². The van der Waals surface area contributed by atoms with Crippen molar-refractivity contribution in [1.82, 2.24) is 9.80 Å². The van der Waals surface area contributed by atoms with Crippen LogP contribution in [-0.4, -0.2) is 73.0 Å². The smallest absolute Gasteiger partial charge is 0.0829 e. The van der Waals surface area contributed by atoms with Crippen molar-refractivity contribution in [1.29, 1.82) is 0 Å². The summed E-state index contributed by atoms with van der Waals surface area (Å²) in [5, 5.41) is 9.60. The monoisotopic (exact) mass is 256 g/mol. The van der Waals surface area contributed by atoms with E-state index in [9.17, 15) is 5.11 Å². The van der Waals surface area contributed by atoms with E-state index in [2.05, 4.69) is 16.8 Å². The second kappa shape index (κ2) is 6.85. The molecular formula is C14H28N2O2. The zero-order valence-corrected chi connectivity index (χ0v) is 11.8. The van der Waals surface area contributed by atoms with Crippen LogP contribution in [0.3, 0.4) is 0 Å². The lowest BCUT2D eigenvalue weighted by atomic mass is 9.96. The number of likely N-dealkylation sites (tertiary alicyclic amines) is 1. The molecule has 3 unspecified atom stereocenters. The van der Waals surface area contributed by atoms with E-state index in [1.54, 1.807) is 0 Å². The Hall–Kier alpha value is -0.160. The molecule has 0 bridgehead atoms. The zero-order chi connectivity index (χ0) is 13.0. The molecule has 2 aliphatic rings. The van der Waals surface area contributed by atoms with Gasteiger partial charge in [0, 0.05) is 25.7 Å². The van der Waals surface area contributed by atoms with Gasteiger partial charge in [0.1, 0.15) is 0 Å². The number of hydrogen-bond acceptors (Lipinski definition) is 4. The van der Waals surface area contributed by atoms with Gasteiger partial charge in [-0.05, 0) is 39.8 Å². The fraction of sp³-hybridized carbons (Fsp3) is 1.00. The topological polar surface area (TPSA) is 35.9 Å². The number of aliphatic hydroxyl groups excluding tert-OH is 1. The van der Waals surface area contributed by atoms with Gasteiger partial charge in [-0.2, -0.15) is 0 Å². The standard InChI is InChI=1S/C14H28N2O2/c1-12(17)9-13-5-3-4-6-16(13)11-14-10-15(2)7-8-18-14/h12-14,17H,3-11H2,1-2H3. The lowest BCUT2D eigenvalue weighted by molar-refractivity contribution is -0.0484. The number of ether oxygens (including phenoxy) is 1. The van der Waals surface area contributed by atoms with Gasteiger partial charge in [0.15, 0.2) is 0 Å². The molecule has 2 heterocycles. The second-order valence-corrected chi connectivity index (χ2v) is 5.98. The second-order valence-electron chi connectivity index (χ2n) is 5.98. The molecule has 0 aromatic carbocycles. The minimum absolute atomic E-state index is 0.189. The third-order valence-corrected chi connectivity index (χ3v) is 4.14. The van der Waals surface area contributed by atoms with Crippen molar-refractivity contribution in [3.63, 3.8) is 0 Å². The van der Waals surface area contributed by atoms with Crippen LogP contribution in [0.1, 0.15) is 32.6 Å². The Bertz CT molecular complexity index is 248. The molecule has 2 rings (SSSR count). The predicted octanol–water partition coefficient (Wildman–Crippen LogP) is 0.942. The van der Waals surface area contributed by atoms with E-state index in [4.69, 9.17) is 4.74 Å². The summed E-state index contributed by atoms with van der Waals surface area (Å²) in [5.41, 5.74) is 0. The normalized spacial score (nSPS) is 33.5. The highest BCUT2D eigenvalue weighted by Gasteiger charge is 2.27. The van der Waals surface area contributed by atoms with Crippen LogP contribution in [0.5, 0.6) is 0 Å². The molecular weight excluding hydrogens is 228 g/mol. The maximum absolute atomic E-state index is 9.60. The number of rotatable bonds is 4. The quantitative estimate of drug-likeness (QED) is 0.812. The molecule has 0 radical (unpaired) electrons. The van der Waals surface area contributed by atoms with Gasteiger partial charge in [-0.3, -0.25) is 4.90 Å². The molecule has 2 aliphatic heterocycles. The molecule has 2 saturated heterocycles. The molecule has 4 heteroatoms. The van der Waals surface area contributed by atoms with Crippen LogP contribution in [0.2, 0.25) is 0 Å². The summed E-state index contributed by atoms with van der Waals surface area (Å²) in [5.74, 6) is 0. The van der Waals surface area contributed by atoms with Gasteiger partial charge in [-0.1, -0.05) is 6.42 Å². The van der Waals surface area contributed by atoms with Crippen molar-refractivity contribution in [3.05, 3.63) is 0 Å². The van der Waals surface area contributed by atoms with Gasteiger partial charge >= 0.3 is 0 Å². The summed E-state index contributed by atoms with van der Waals surface area (Å²) in [7, 11) is 2.17. The van der Waals surface area contributed by atoms with Crippen molar-refractivity contribution < 1.29 is 9.84 Å². The Balaban J connectivity index is 1.84. The van der Waals surface area contributed by atoms with Crippen molar-refractivity contribution in [2.75, 3.05) is 39.8 Å². The minimum atomic E-state index is -0.189. The highest BCUT2D eigenvalue weighted by Crippen LogP contribution is 2.22. The summed E-state index contributed by atoms with van der Waals surface area (Å²) >= 11 is 0. The maximum Gasteiger partial charge on any atom is 0.0829 e. The first kappa shape index (κ1) is 14.3. The van der Waals surface area contributed by atoms with Gasteiger partial charge in [-0.15, -0.1) is 0 Å². The lowest BCUT2D eigenvalue weighted by Gasteiger charge is -2.40. The average molecular weight is 256 g/mol. The van der Waals surface area contributed by atoms with Crippen LogP contribution >= 0.6 is 0 Å². The van der Waals surface area contributed by atoms with E-state index in [1.807, 2.05) is 6.92 Å². The maximum atomic E-state index is 9.60. The van der Waals surface area contributed by atoms with Gasteiger partial charge in [0.05, 0.1) is 18.8 Å². The first-order chi connectivity index (χ1) is 8.65. The summed E-state index contributed by atoms with van der Waals surface area (Å²) in [4.78, 5) is 4.89. The average Bonchev–Trinajstić information content (AvgIpc) is 2.31. The number of hydrogen-bond donors (Lipinski definition) is 1. The first-order valence-electron chi connectivity index (χ1n) is 7.37. The fourth-order valence-electron chi connectivity index (χ4n) is 3.20. The van der Waals surface area contributed by atoms with E-state index in [0.717, 1.165) is 32.7 Å². The lowest BCUT2D eigenvalue weighted by Crippen LogP contribution is -2.50. The van der Waals surface area contributed by atoms with Crippen molar-refractivity contribution in [2.24, 2.45) is 0 Å². The summed E-state index contributed by atoms with van der Waals surface area (Å²) in [6, 6.07) is 0.551. The molecule has 3 atom stereocenters. The van der Waals surface area contributed by atoms with Crippen LogP contribution in [0.4, 0.5) is 0 Å². The van der Waals surface area contributed by atoms with Crippen LogP contribution in [-0.2, 0) is 4.74 Å². The Kier molecular flexibility index (Phi) is 5.42. The Morgan fingerprint density at radius 3 is 2.89 bits per heavy atom. The largest absolute Gasteiger partial charge is 0.393 e. The summed E-state index contributed by atoms with van der Waals surface area (Å²) < 4.78 is 5.86. The summed E-state index contributed by atoms with van der Waals surface area (Å²) in [6.45, 7) is 7.04. The number of morpholine rings is 1. The number of aliphatic hydroxyl groups is 1. The molecule has 0 aromatic rings. The Morgan fingerprint density at radius 1 is 1.33 bits per heavy atom. The van der Waals surface area contributed by atoms with Gasteiger partial charge < -0.3 is 14.7 Å². The molecule has 4 nitrogen and oxygen atoms in total. The molecule has 0 aliphatic carbocycles. The number of piperidine rings is 1. The Labute approximate surface area is 111 Å². The SMILES string of the molecule is CC(O)CC1CCCCN1CC1CN(C)CCO1. The minimum Gasteiger partial charge on any atom is -0.393 e. The van der Waals surface area contributed by atoms with Crippen LogP contribution in [0, 0.1) is 0 Å². The third kappa shape index (κ3) is 4.19. The molecule has 2 fully saturated rings. The third-order valence-electron chi connectivity index (χ3n) is 4.14. The van der Waals surface area contributed by atoms with Crippen LogP contribution < -0.4 is 0 Å². The molecule has 106 valence electrons. The molecule has 18 heavy (non-hydrogen) atoms. The van der Waals surface area contributed by atoms with E-state index >= 15 is 0 Å². The van der Waals surface area contributed by atoms with Crippen molar-refractivity contribution >= 4 is 0 Å². The molecule has 0 spiro atoms.